The van der Waals surface area contributed by atoms with Crippen LogP contribution in [0.1, 0.15) is 12.5 Å². The summed E-state index contributed by atoms with van der Waals surface area (Å²) in [5.74, 6) is -2.35. The number of benzene rings is 1. The van der Waals surface area contributed by atoms with E-state index in [4.69, 9.17) is 4.74 Å². The van der Waals surface area contributed by atoms with E-state index >= 15 is 0 Å². The molecule has 0 bridgehead atoms. The molecule has 1 aromatic carbocycles. The topological polar surface area (TPSA) is 88.1 Å². The Hall–Kier alpha value is -2.70. The van der Waals surface area contributed by atoms with E-state index in [2.05, 4.69) is 10.5 Å². The Balaban J connectivity index is 1.80. The largest absolute Gasteiger partial charge is 0.461 e. The van der Waals surface area contributed by atoms with E-state index in [1.165, 1.54) is 0 Å². The molecule has 2 amide bonds. The van der Waals surface area contributed by atoms with Crippen molar-refractivity contribution in [1.82, 2.24) is 10.3 Å². The Morgan fingerprint density at radius 1 is 1.27 bits per heavy atom. The average Bonchev–Trinajstić information content (AvgIpc) is 3.05. The number of ether oxygens (including phenoxy) is 1. The van der Waals surface area contributed by atoms with Gasteiger partial charge in [0.25, 0.3) is 5.91 Å². The molecule has 1 fully saturated rings. The van der Waals surface area contributed by atoms with Gasteiger partial charge in [-0.05, 0) is 12.5 Å². The zero-order chi connectivity index (χ0) is 15.7. The molecule has 1 N–H and O–H groups in total. The van der Waals surface area contributed by atoms with Crippen molar-refractivity contribution in [3.63, 3.8) is 0 Å². The van der Waals surface area contributed by atoms with Gasteiger partial charge in [0.2, 0.25) is 5.91 Å². The third kappa shape index (κ3) is 2.24. The van der Waals surface area contributed by atoms with E-state index in [0.717, 1.165) is 10.5 Å². The second-order valence-corrected chi connectivity index (χ2v) is 5.05. The molecule has 0 unspecified atom stereocenters. The summed E-state index contributed by atoms with van der Waals surface area (Å²) in [6.45, 7) is 2.04. The molecule has 114 valence electrons. The zero-order valence-corrected chi connectivity index (χ0v) is 12.0. The van der Waals surface area contributed by atoms with Crippen LogP contribution in [0.3, 0.4) is 0 Å². The first-order valence-electron chi connectivity index (χ1n) is 7.03. The molecule has 2 aliphatic heterocycles. The number of rotatable bonds is 4. The van der Waals surface area contributed by atoms with Crippen LogP contribution < -0.4 is 5.43 Å². The van der Waals surface area contributed by atoms with Crippen molar-refractivity contribution in [2.75, 3.05) is 6.61 Å². The number of esters is 1. The van der Waals surface area contributed by atoms with Crippen molar-refractivity contribution in [3.8, 4) is 0 Å². The Kier molecular flexibility index (Phi) is 3.62. The Morgan fingerprint density at radius 3 is 2.68 bits per heavy atom. The number of carbonyl (C=O) groups excluding carboxylic acids is 3. The van der Waals surface area contributed by atoms with Gasteiger partial charge in [0.05, 0.1) is 13.2 Å². The smallest absolute Gasteiger partial charge is 0.355 e. The van der Waals surface area contributed by atoms with Gasteiger partial charge in [-0.1, -0.05) is 30.3 Å². The molecule has 7 heteroatoms. The average molecular weight is 301 g/mol. The first-order valence-corrected chi connectivity index (χ1v) is 7.03. The molecule has 0 aromatic heterocycles. The number of nitrogens with one attached hydrogen (secondary N) is 1. The summed E-state index contributed by atoms with van der Waals surface area (Å²) in [6, 6.07) is 8.40. The third-order valence-electron chi connectivity index (χ3n) is 3.68. The quantitative estimate of drug-likeness (QED) is 0.628. The van der Waals surface area contributed by atoms with Crippen molar-refractivity contribution < 1.29 is 19.1 Å². The standard InChI is InChI=1S/C15H15N3O4/c1-2-22-15(21)12-10-11(16-17-12)14(20)18(13(10)19)8-9-6-4-3-5-7-9/h3-7,10-11,16H,2,8H2,1H3/t10-,11-/m0/s1. The molecular formula is C15H15N3O4. The van der Waals surface area contributed by atoms with Gasteiger partial charge in [-0.25, -0.2) is 4.79 Å². The molecular weight excluding hydrogens is 286 g/mol. The Labute approximate surface area is 126 Å². The number of fused-ring (bicyclic) bond motifs is 1. The maximum atomic E-state index is 12.5. The molecule has 2 aliphatic rings. The highest BCUT2D eigenvalue weighted by molar-refractivity contribution is 6.43. The van der Waals surface area contributed by atoms with Crippen LogP contribution in [0, 0.1) is 5.92 Å². The lowest BCUT2D eigenvalue weighted by Gasteiger charge is -2.15. The fourth-order valence-corrected chi connectivity index (χ4v) is 2.64. The molecule has 0 spiro atoms. The van der Waals surface area contributed by atoms with Gasteiger partial charge in [-0.15, -0.1) is 0 Å². The number of amides is 2. The summed E-state index contributed by atoms with van der Waals surface area (Å²) < 4.78 is 4.88. The maximum Gasteiger partial charge on any atom is 0.355 e. The molecule has 2 atom stereocenters. The number of hydrogen-bond donors (Lipinski definition) is 1. The van der Waals surface area contributed by atoms with Gasteiger partial charge in [-0.3, -0.25) is 19.9 Å². The lowest BCUT2D eigenvalue weighted by atomic mass is 9.99. The summed E-state index contributed by atoms with van der Waals surface area (Å²) in [6.07, 6.45) is 0. The molecule has 22 heavy (non-hydrogen) atoms. The minimum absolute atomic E-state index is 0.0271. The molecule has 1 saturated heterocycles. The van der Waals surface area contributed by atoms with Gasteiger partial charge < -0.3 is 4.74 Å². The van der Waals surface area contributed by atoms with Crippen molar-refractivity contribution >= 4 is 23.5 Å². The van der Waals surface area contributed by atoms with Gasteiger partial charge >= 0.3 is 5.97 Å². The minimum atomic E-state index is -0.893. The van der Waals surface area contributed by atoms with Crippen LogP contribution in [-0.4, -0.2) is 41.0 Å². The first kappa shape index (κ1) is 14.2. The van der Waals surface area contributed by atoms with E-state index in [9.17, 15) is 14.4 Å². The Bertz CT molecular complexity index is 656. The summed E-state index contributed by atoms with van der Waals surface area (Å²) >= 11 is 0. The normalized spacial score (nSPS) is 23.1. The van der Waals surface area contributed by atoms with E-state index in [1.807, 2.05) is 30.3 Å². The number of carbonyl (C=O) groups is 3. The zero-order valence-electron chi connectivity index (χ0n) is 12.0. The van der Waals surface area contributed by atoms with E-state index in [0.29, 0.717) is 0 Å². The second kappa shape index (κ2) is 5.59. The molecule has 0 aliphatic carbocycles. The molecule has 2 heterocycles. The van der Waals surface area contributed by atoms with Gasteiger partial charge in [0.1, 0.15) is 12.0 Å². The molecule has 3 rings (SSSR count). The number of hydrazone groups is 1. The Morgan fingerprint density at radius 2 is 2.00 bits per heavy atom. The van der Waals surface area contributed by atoms with Crippen molar-refractivity contribution in [2.45, 2.75) is 19.5 Å². The molecule has 0 radical (unpaired) electrons. The number of imide groups is 1. The van der Waals surface area contributed by atoms with Gasteiger partial charge in [0, 0.05) is 0 Å². The number of hydrogen-bond acceptors (Lipinski definition) is 6. The van der Waals surface area contributed by atoms with E-state index in [1.54, 1.807) is 6.92 Å². The highest BCUT2D eigenvalue weighted by atomic mass is 16.5. The minimum Gasteiger partial charge on any atom is -0.461 e. The summed E-state index contributed by atoms with van der Waals surface area (Å²) in [4.78, 5) is 37.8. The summed E-state index contributed by atoms with van der Waals surface area (Å²) in [5, 5.41) is 3.80. The van der Waals surface area contributed by atoms with Crippen molar-refractivity contribution in [2.24, 2.45) is 11.0 Å². The lowest BCUT2D eigenvalue weighted by Crippen LogP contribution is -2.35. The fraction of sp³-hybridized carbons (Fsp3) is 0.333. The predicted octanol–water partition coefficient (Wildman–Crippen LogP) is 0.0625. The third-order valence-corrected chi connectivity index (χ3v) is 3.68. The highest BCUT2D eigenvalue weighted by Gasteiger charge is 2.55. The van der Waals surface area contributed by atoms with Gasteiger partial charge in [0.15, 0.2) is 5.71 Å². The molecule has 0 saturated carbocycles. The van der Waals surface area contributed by atoms with Crippen LogP contribution >= 0.6 is 0 Å². The van der Waals surface area contributed by atoms with Crippen LogP contribution in [0.4, 0.5) is 0 Å². The van der Waals surface area contributed by atoms with E-state index < -0.39 is 23.8 Å². The number of likely N-dealkylation sites (tertiary alicyclic amines) is 1. The monoisotopic (exact) mass is 301 g/mol. The van der Waals surface area contributed by atoms with Gasteiger partial charge in [-0.2, -0.15) is 5.10 Å². The van der Waals surface area contributed by atoms with Crippen LogP contribution in [0.2, 0.25) is 0 Å². The number of nitrogens with zero attached hydrogens (tertiary/aromatic N) is 2. The molecule has 7 nitrogen and oxygen atoms in total. The van der Waals surface area contributed by atoms with Crippen LogP contribution in [0.15, 0.2) is 35.4 Å². The summed E-state index contributed by atoms with van der Waals surface area (Å²) in [7, 11) is 0. The SMILES string of the molecule is CCOC(=O)C1=NN[C@@H]2C(=O)N(Cc3ccccc3)C(=O)[C@H]12. The lowest BCUT2D eigenvalue weighted by molar-refractivity contribution is -0.141. The van der Waals surface area contributed by atoms with Crippen LogP contribution in [0.25, 0.3) is 0 Å². The molecule has 1 aromatic rings. The van der Waals surface area contributed by atoms with E-state index in [-0.39, 0.29) is 24.8 Å². The van der Waals surface area contributed by atoms with Crippen molar-refractivity contribution in [1.29, 1.82) is 0 Å². The fourth-order valence-electron chi connectivity index (χ4n) is 2.64. The van der Waals surface area contributed by atoms with Crippen LogP contribution in [0.5, 0.6) is 0 Å². The maximum absolute atomic E-state index is 12.5. The first-order chi connectivity index (χ1) is 10.6. The second-order valence-electron chi connectivity index (χ2n) is 5.05. The highest BCUT2D eigenvalue weighted by Crippen LogP contribution is 2.27. The van der Waals surface area contributed by atoms with Crippen molar-refractivity contribution in [3.05, 3.63) is 35.9 Å². The summed E-state index contributed by atoms with van der Waals surface area (Å²) in [5.41, 5.74) is 3.40. The van der Waals surface area contributed by atoms with Crippen LogP contribution in [-0.2, 0) is 25.7 Å². The predicted molar refractivity (Wildman–Crippen MR) is 76.5 cm³/mol.